The van der Waals surface area contributed by atoms with Gasteiger partial charge in [0, 0.05) is 12.6 Å². The Morgan fingerprint density at radius 3 is 2.37 bits per heavy atom. The van der Waals surface area contributed by atoms with Crippen molar-refractivity contribution in [3.8, 4) is 0 Å². The van der Waals surface area contributed by atoms with Gasteiger partial charge in [-0.2, -0.15) is 0 Å². The minimum Gasteiger partial charge on any atom is -0.478 e. The van der Waals surface area contributed by atoms with Gasteiger partial charge in [0.05, 0.1) is 5.56 Å². The number of nitrogens with zero attached hydrogens (tertiary/aromatic N) is 1. The second kappa shape index (κ2) is 5.15. The quantitative estimate of drug-likeness (QED) is 0.895. The molecule has 1 aromatic carbocycles. The second-order valence-electron chi connectivity index (χ2n) is 5.28. The van der Waals surface area contributed by atoms with Crippen molar-refractivity contribution in [2.24, 2.45) is 5.92 Å². The monoisotopic (exact) mass is 269 g/mol. The number of halogens is 2. The SMILES string of the molecule is CC1CCC(C)N(c2c(F)cc(C(=O)O)cc2F)C1. The van der Waals surface area contributed by atoms with Gasteiger partial charge >= 0.3 is 5.97 Å². The second-order valence-corrected chi connectivity index (χ2v) is 5.28. The molecule has 0 radical (unpaired) electrons. The first kappa shape index (κ1) is 13.8. The Hall–Kier alpha value is -1.65. The average molecular weight is 269 g/mol. The summed E-state index contributed by atoms with van der Waals surface area (Å²) in [5.41, 5.74) is -0.472. The smallest absolute Gasteiger partial charge is 0.335 e. The highest BCUT2D eigenvalue weighted by atomic mass is 19.1. The summed E-state index contributed by atoms with van der Waals surface area (Å²) in [5, 5.41) is 8.78. The van der Waals surface area contributed by atoms with Crippen molar-refractivity contribution < 1.29 is 18.7 Å². The van der Waals surface area contributed by atoms with Crippen LogP contribution in [-0.2, 0) is 0 Å². The summed E-state index contributed by atoms with van der Waals surface area (Å²) in [7, 11) is 0. The fraction of sp³-hybridized carbons (Fsp3) is 0.500. The minimum absolute atomic E-state index is 0.0517. The van der Waals surface area contributed by atoms with Gasteiger partial charge in [0.1, 0.15) is 17.3 Å². The zero-order valence-electron chi connectivity index (χ0n) is 11.0. The third-order valence-corrected chi connectivity index (χ3v) is 3.67. The van der Waals surface area contributed by atoms with Crippen molar-refractivity contribution >= 4 is 11.7 Å². The first-order chi connectivity index (χ1) is 8.90. The zero-order chi connectivity index (χ0) is 14.2. The largest absolute Gasteiger partial charge is 0.478 e. The molecule has 5 heteroatoms. The van der Waals surface area contributed by atoms with Gasteiger partial charge in [-0.05, 0) is 37.8 Å². The van der Waals surface area contributed by atoms with E-state index in [1.807, 2.05) is 13.8 Å². The number of anilines is 1. The first-order valence-electron chi connectivity index (χ1n) is 6.39. The van der Waals surface area contributed by atoms with E-state index in [-0.39, 0.29) is 17.3 Å². The fourth-order valence-electron chi connectivity index (χ4n) is 2.56. The van der Waals surface area contributed by atoms with Gasteiger partial charge in [-0.25, -0.2) is 13.6 Å². The van der Waals surface area contributed by atoms with Crippen LogP contribution in [0.2, 0.25) is 0 Å². The number of carboxylic acids is 1. The number of hydrogen-bond acceptors (Lipinski definition) is 2. The lowest BCUT2D eigenvalue weighted by atomic mass is 9.94. The molecule has 0 bridgehead atoms. The molecule has 1 fully saturated rings. The summed E-state index contributed by atoms with van der Waals surface area (Å²) >= 11 is 0. The number of aromatic carboxylic acids is 1. The Bertz CT molecular complexity index is 481. The lowest BCUT2D eigenvalue weighted by Gasteiger charge is -2.38. The molecule has 1 heterocycles. The molecule has 0 aliphatic carbocycles. The van der Waals surface area contributed by atoms with Gasteiger partial charge < -0.3 is 10.0 Å². The lowest BCUT2D eigenvalue weighted by Crippen LogP contribution is -2.42. The van der Waals surface area contributed by atoms with E-state index in [4.69, 9.17) is 5.11 Å². The highest BCUT2D eigenvalue weighted by Crippen LogP contribution is 2.32. The highest BCUT2D eigenvalue weighted by Gasteiger charge is 2.28. The molecule has 3 nitrogen and oxygen atoms in total. The Labute approximate surface area is 110 Å². The molecule has 0 saturated carbocycles. The zero-order valence-corrected chi connectivity index (χ0v) is 11.0. The Kier molecular flexibility index (Phi) is 3.73. The summed E-state index contributed by atoms with van der Waals surface area (Å²) in [6.45, 7) is 4.55. The Morgan fingerprint density at radius 1 is 1.26 bits per heavy atom. The summed E-state index contributed by atoms with van der Waals surface area (Å²) in [5.74, 6) is -2.57. The van der Waals surface area contributed by atoms with Gasteiger partial charge in [0.2, 0.25) is 0 Å². The Morgan fingerprint density at radius 2 is 1.84 bits per heavy atom. The van der Waals surface area contributed by atoms with Crippen LogP contribution in [0.15, 0.2) is 12.1 Å². The van der Waals surface area contributed by atoms with Crippen LogP contribution in [0.1, 0.15) is 37.0 Å². The maximum Gasteiger partial charge on any atom is 0.335 e. The van der Waals surface area contributed by atoms with Crippen molar-refractivity contribution in [2.75, 3.05) is 11.4 Å². The first-order valence-corrected chi connectivity index (χ1v) is 6.39. The maximum atomic E-state index is 14.0. The average Bonchev–Trinajstić information content (AvgIpc) is 2.32. The van der Waals surface area contributed by atoms with Gasteiger partial charge in [-0.1, -0.05) is 6.92 Å². The fourth-order valence-corrected chi connectivity index (χ4v) is 2.56. The van der Waals surface area contributed by atoms with Gasteiger partial charge in [-0.3, -0.25) is 0 Å². The molecule has 2 unspecified atom stereocenters. The van der Waals surface area contributed by atoms with E-state index in [0.29, 0.717) is 12.5 Å². The van der Waals surface area contributed by atoms with E-state index >= 15 is 0 Å². The predicted molar refractivity (Wildman–Crippen MR) is 68.5 cm³/mol. The number of piperidine rings is 1. The molecule has 1 saturated heterocycles. The topological polar surface area (TPSA) is 40.5 Å². The number of hydrogen-bond donors (Lipinski definition) is 1. The molecule has 1 N–H and O–H groups in total. The number of carbonyl (C=O) groups is 1. The summed E-state index contributed by atoms with van der Waals surface area (Å²) in [6.07, 6.45) is 1.91. The molecular weight excluding hydrogens is 252 g/mol. The van der Waals surface area contributed by atoms with Crippen LogP contribution in [0.3, 0.4) is 0 Å². The summed E-state index contributed by atoms with van der Waals surface area (Å²) in [6, 6.07) is 1.82. The van der Waals surface area contributed by atoms with Crippen LogP contribution in [-0.4, -0.2) is 23.7 Å². The van der Waals surface area contributed by atoms with Crippen LogP contribution < -0.4 is 4.90 Å². The van der Waals surface area contributed by atoms with Crippen molar-refractivity contribution in [1.82, 2.24) is 0 Å². The van der Waals surface area contributed by atoms with E-state index in [9.17, 15) is 13.6 Å². The van der Waals surface area contributed by atoms with E-state index in [1.54, 1.807) is 4.90 Å². The maximum absolute atomic E-state index is 14.0. The van der Waals surface area contributed by atoms with Crippen LogP contribution in [0.25, 0.3) is 0 Å². The third kappa shape index (κ3) is 2.69. The van der Waals surface area contributed by atoms with Crippen LogP contribution >= 0.6 is 0 Å². The number of rotatable bonds is 2. The normalized spacial score (nSPS) is 23.5. The van der Waals surface area contributed by atoms with Crippen molar-refractivity contribution in [1.29, 1.82) is 0 Å². The molecule has 1 aliphatic rings. The van der Waals surface area contributed by atoms with Crippen LogP contribution in [0.4, 0.5) is 14.5 Å². The third-order valence-electron chi connectivity index (χ3n) is 3.67. The molecule has 2 atom stereocenters. The van der Waals surface area contributed by atoms with Crippen molar-refractivity contribution in [3.63, 3.8) is 0 Å². The number of carboxylic acid groups (broad SMARTS) is 1. The van der Waals surface area contributed by atoms with E-state index < -0.39 is 17.6 Å². The van der Waals surface area contributed by atoms with Gasteiger partial charge in [0.15, 0.2) is 0 Å². The molecule has 1 aromatic rings. The van der Waals surface area contributed by atoms with Crippen molar-refractivity contribution in [3.05, 3.63) is 29.3 Å². The van der Waals surface area contributed by atoms with Crippen LogP contribution in [0.5, 0.6) is 0 Å². The molecule has 19 heavy (non-hydrogen) atoms. The standard InChI is InChI=1S/C14H17F2NO2/c1-8-3-4-9(2)17(7-8)13-11(15)5-10(14(18)19)6-12(13)16/h5-6,8-9H,3-4,7H2,1-2H3,(H,18,19). The Balaban J connectivity index is 2.41. The molecule has 104 valence electrons. The molecular formula is C14H17F2NO2. The van der Waals surface area contributed by atoms with Gasteiger partial charge in [0.25, 0.3) is 0 Å². The minimum atomic E-state index is -1.33. The highest BCUT2D eigenvalue weighted by molar-refractivity contribution is 5.88. The van der Waals surface area contributed by atoms with E-state index in [0.717, 1.165) is 25.0 Å². The summed E-state index contributed by atoms with van der Waals surface area (Å²) < 4.78 is 28.0. The molecule has 0 aromatic heterocycles. The van der Waals surface area contributed by atoms with E-state index in [2.05, 4.69) is 0 Å². The van der Waals surface area contributed by atoms with Crippen molar-refractivity contribution in [2.45, 2.75) is 32.7 Å². The van der Waals surface area contributed by atoms with Gasteiger partial charge in [-0.15, -0.1) is 0 Å². The molecule has 1 aliphatic heterocycles. The molecule has 0 amide bonds. The predicted octanol–water partition coefficient (Wildman–Crippen LogP) is 3.29. The molecule has 0 spiro atoms. The lowest BCUT2D eigenvalue weighted by molar-refractivity contribution is 0.0695. The molecule has 2 rings (SSSR count). The van der Waals surface area contributed by atoms with Crippen LogP contribution in [0, 0.1) is 17.6 Å². The van der Waals surface area contributed by atoms with E-state index in [1.165, 1.54) is 0 Å². The summed E-state index contributed by atoms with van der Waals surface area (Å²) in [4.78, 5) is 12.5. The number of benzene rings is 1.